The van der Waals surface area contributed by atoms with E-state index in [2.05, 4.69) is 5.10 Å². The SMILES string of the molecule is CCOC(=O)c1cnn(CCOc2ccc(OC)cc2)c1. The summed E-state index contributed by atoms with van der Waals surface area (Å²) in [5.41, 5.74) is 0.446. The molecule has 0 atom stereocenters. The first kappa shape index (κ1) is 14.9. The van der Waals surface area contributed by atoms with Crippen molar-refractivity contribution in [2.24, 2.45) is 0 Å². The Morgan fingerprint density at radius 2 is 1.95 bits per heavy atom. The van der Waals surface area contributed by atoms with E-state index in [9.17, 15) is 4.79 Å². The molecule has 0 bridgehead atoms. The lowest BCUT2D eigenvalue weighted by Gasteiger charge is -2.07. The van der Waals surface area contributed by atoms with Gasteiger partial charge >= 0.3 is 5.97 Å². The number of esters is 1. The molecule has 0 aliphatic heterocycles. The van der Waals surface area contributed by atoms with Crippen LogP contribution in [0.1, 0.15) is 17.3 Å². The number of hydrogen-bond donors (Lipinski definition) is 0. The zero-order valence-electron chi connectivity index (χ0n) is 12.1. The third kappa shape index (κ3) is 4.24. The Hall–Kier alpha value is -2.50. The smallest absolute Gasteiger partial charge is 0.341 e. The number of ether oxygens (including phenoxy) is 3. The highest BCUT2D eigenvalue weighted by molar-refractivity contribution is 5.88. The maximum absolute atomic E-state index is 11.5. The zero-order chi connectivity index (χ0) is 15.1. The van der Waals surface area contributed by atoms with Crippen LogP contribution in [-0.2, 0) is 11.3 Å². The number of rotatable bonds is 7. The molecule has 21 heavy (non-hydrogen) atoms. The average Bonchev–Trinajstić information content (AvgIpc) is 2.97. The molecule has 0 aliphatic rings. The molecule has 1 heterocycles. The highest BCUT2D eigenvalue weighted by atomic mass is 16.5. The zero-order valence-corrected chi connectivity index (χ0v) is 12.1. The van der Waals surface area contributed by atoms with E-state index >= 15 is 0 Å². The predicted octanol–water partition coefficient (Wildman–Crippen LogP) is 2.15. The van der Waals surface area contributed by atoms with Gasteiger partial charge in [-0.05, 0) is 31.2 Å². The lowest BCUT2D eigenvalue weighted by atomic mass is 10.3. The average molecular weight is 290 g/mol. The number of methoxy groups -OCH3 is 1. The van der Waals surface area contributed by atoms with Crippen LogP contribution >= 0.6 is 0 Å². The number of carbonyl (C=O) groups is 1. The number of benzene rings is 1. The summed E-state index contributed by atoms with van der Waals surface area (Å²) in [7, 11) is 1.62. The second kappa shape index (κ2) is 7.33. The Kier molecular flexibility index (Phi) is 5.20. The molecule has 0 N–H and O–H groups in total. The molecule has 112 valence electrons. The summed E-state index contributed by atoms with van der Waals surface area (Å²) in [6.07, 6.45) is 3.14. The summed E-state index contributed by atoms with van der Waals surface area (Å²) >= 11 is 0. The molecule has 1 aromatic heterocycles. The normalized spacial score (nSPS) is 10.2. The van der Waals surface area contributed by atoms with Gasteiger partial charge in [-0.25, -0.2) is 4.79 Å². The maximum Gasteiger partial charge on any atom is 0.341 e. The van der Waals surface area contributed by atoms with Crippen LogP contribution in [0, 0.1) is 0 Å². The van der Waals surface area contributed by atoms with Crippen LogP contribution in [0.2, 0.25) is 0 Å². The summed E-state index contributed by atoms with van der Waals surface area (Å²) in [6.45, 7) is 3.12. The number of aromatic nitrogens is 2. The highest BCUT2D eigenvalue weighted by Crippen LogP contribution is 2.16. The minimum absolute atomic E-state index is 0.352. The fourth-order valence-corrected chi connectivity index (χ4v) is 1.73. The molecule has 0 radical (unpaired) electrons. The second-order valence-corrected chi connectivity index (χ2v) is 4.24. The summed E-state index contributed by atoms with van der Waals surface area (Å²) in [6, 6.07) is 7.35. The standard InChI is InChI=1S/C15H18N2O4/c1-3-20-15(18)12-10-16-17(11-12)8-9-21-14-6-4-13(19-2)5-7-14/h4-7,10-11H,3,8-9H2,1-2H3. The summed E-state index contributed by atoms with van der Waals surface area (Å²) < 4.78 is 17.2. The van der Waals surface area contributed by atoms with Gasteiger partial charge in [-0.3, -0.25) is 4.68 Å². The largest absolute Gasteiger partial charge is 0.497 e. The number of nitrogens with zero attached hydrogens (tertiary/aromatic N) is 2. The van der Waals surface area contributed by atoms with Gasteiger partial charge in [0.25, 0.3) is 0 Å². The van der Waals surface area contributed by atoms with Gasteiger partial charge in [-0.1, -0.05) is 0 Å². The first-order valence-corrected chi connectivity index (χ1v) is 6.69. The monoisotopic (exact) mass is 290 g/mol. The van der Waals surface area contributed by atoms with Crippen molar-refractivity contribution < 1.29 is 19.0 Å². The van der Waals surface area contributed by atoms with E-state index in [-0.39, 0.29) is 5.97 Å². The van der Waals surface area contributed by atoms with Crippen molar-refractivity contribution in [2.75, 3.05) is 20.3 Å². The van der Waals surface area contributed by atoms with E-state index in [1.165, 1.54) is 6.20 Å². The molecule has 2 rings (SSSR count). The molecular formula is C15H18N2O4. The topological polar surface area (TPSA) is 62.6 Å². The molecular weight excluding hydrogens is 272 g/mol. The van der Waals surface area contributed by atoms with Crippen LogP contribution in [0.3, 0.4) is 0 Å². The Morgan fingerprint density at radius 3 is 2.62 bits per heavy atom. The molecule has 0 fully saturated rings. The van der Waals surface area contributed by atoms with E-state index in [0.29, 0.717) is 25.3 Å². The second-order valence-electron chi connectivity index (χ2n) is 4.24. The Bertz CT molecular complexity index is 578. The number of carbonyl (C=O) groups excluding carboxylic acids is 1. The highest BCUT2D eigenvalue weighted by Gasteiger charge is 2.08. The van der Waals surface area contributed by atoms with E-state index < -0.39 is 0 Å². The van der Waals surface area contributed by atoms with Gasteiger partial charge in [-0.2, -0.15) is 5.10 Å². The van der Waals surface area contributed by atoms with Crippen molar-refractivity contribution in [3.8, 4) is 11.5 Å². The summed E-state index contributed by atoms with van der Waals surface area (Å²) in [5.74, 6) is 1.18. The number of hydrogen-bond acceptors (Lipinski definition) is 5. The van der Waals surface area contributed by atoms with Crippen molar-refractivity contribution in [2.45, 2.75) is 13.5 Å². The Balaban J connectivity index is 1.81. The van der Waals surface area contributed by atoms with Gasteiger partial charge in [0.1, 0.15) is 18.1 Å². The van der Waals surface area contributed by atoms with Crippen LogP contribution in [-0.4, -0.2) is 36.1 Å². The van der Waals surface area contributed by atoms with Crippen LogP contribution < -0.4 is 9.47 Å². The molecule has 0 unspecified atom stereocenters. The minimum Gasteiger partial charge on any atom is -0.497 e. The van der Waals surface area contributed by atoms with E-state index in [0.717, 1.165) is 11.5 Å². The molecule has 6 heteroatoms. The fraction of sp³-hybridized carbons (Fsp3) is 0.333. The maximum atomic E-state index is 11.5. The molecule has 0 aliphatic carbocycles. The Labute approximate surface area is 123 Å². The van der Waals surface area contributed by atoms with Gasteiger partial charge in [0.15, 0.2) is 0 Å². The third-order valence-electron chi connectivity index (χ3n) is 2.79. The first-order valence-electron chi connectivity index (χ1n) is 6.69. The van der Waals surface area contributed by atoms with E-state index in [1.54, 1.807) is 24.9 Å². The van der Waals surface area contributed by atoms with Crippen molar-refractivity contribution in [3.63, 3.8) is 0 Å². The molecule has 0 spiro atoms. The molecule has 2 aromatic rings. The van der Waals surface area contributed by atoms with Crippen molar-refractivity contribution in [1.82, 2.24) is 9.78 Å². The molecule has 0 saturated heterocycles. The van der Waals surface area contributed by atoms with Crippen LogP contribution in [0.5, 0.6) is 11.5 Å². The van der Waals surface area contributed by atoms with Crippen LogP contribution in [0.15, 0.2) is 36.7 Å². The molecule has 1 aromatic carbocycles. The van der Waals surface area contributed by atoms with Gasteiger partial charge in [0, 0.05) is 6.20 Å². The van der Waals surface area contributed by atoms with Gasteiger partial charge < -0.3 is 14.2 Å². The minimum atomic E-state index is -0.361. The summed E-state index contributed by atoms with van der Waals surface area (Å²) in [4.78, 5) is 11.5. The van der Waals surface area contributed by atoms with Crippen molar-refractivity contribution in [3.05, 3.63) is 42.2 Å². The molecule has 6 nitrogen and oxygen atoms in total. The van der Waals surface area contributed by atoms with Crippen molar-refractivity contribution in [1.29, 1.82) is 0 Å². The Morgan fingerprint density at radius 1 is 1.24 bits per heavy atom. The van der Waals surface area contributed by atoms with Crippen LogP contribution in [0.4, 0.5) is 0 Å². The lowest BCUT2D eigenvalue weighted by Crippen LogP contribution is -2.09. The summed E-state index contributed by atoms with van der Waals surface area (Å²) in [5, 5.41) is 4.09. The lowest BCUT2D eigenvalue weighted by molar-refractivity contribution is 0.0526. The van der Waals surface area contributed by atoms with Gasteiger partial charge in [0.2, 0.25) is 0 Å². The molecule has 0 saturated carbocycles. The fourth-order valence-electron chi connectivity index (χ4n) is 1.73. The van der Waals surface area contributed by atoms with Crippen LogP contribution in [0.25, 0.3) is 0 Å². The third-order valence-corrected chi connectivity index (χ3v) is 2.79. The first-order chi connectivity index (χ1) is 10.2. The van der Waals surface area contributed by atoms with Gasteiger partial charge in [0.05, 0.1) is 32.0 Å². The predicted molar refractivity (Wildman–Crippen MR) is 76.7 cm³/mol. The quantitative estimate of drug-likeness (QED) is 0.731. The molecule has 0 amide bonds. The van der Waals surface area contributed by atoms with Gasteiger partial charge in [-0.15, -0.1) is 0 Å². The van der Waals surface area contributed by atoms with E-state index in [1.807, 2.05) is 24.3 Å². The van der Waals surface area contributed by atoms with E-state index in [4.69, 9.17) is 14.2 Å². The van der Waals surface area contributed by atoms with Crippen molar-refractivity contribution >= 4 is 5.97 Å².